The predicted octanol–water partition coefficient (Wildman–Crippen LogP) is 4.89. The Hall–Kier alpha value is -4.37. The number of nitrogens with one attached hydrogen (secondary N) is 2. The smallest absolute Gasteiger partial charge is 0.226 e. The first-order valence-electron chi connectivity index (χ1n) is 12.3. The van der Waals surface area contributed by atoms with Crippen LogP contribution in [0.1, 0.15) is 29.9 Å². The average Bonchev–Trinajstić information content (AvgIpc) is 3.57. The Kier molecular flexibility index (Phi) is 7.55. The summed E-state index contributed by atoms with van der Waals surface area (Å²) in [4.78, 5) is 19.6. The van der Waals surface area contributed by atoms with Crippen molar-refractivity contribution in [3.63, 3.8) is 0 Å². The molecular weight excluding hydrogens is 498 g/mol. The van der Waals surface area contributed by atoms with Gasteiger partial charge in [-0.2, -0.15) is 0 Å². The fourth-order valence-electron chi connectivity index (χ4n) is 4.76. The maximum atomic E-state index is 13.0. The van der Waals surface area contributed by atoms with Crippen molar-refractivity contribution in [1.29, 1.82) is 0 Å². The first kappa shape index (κ1) is 25.3. The summed E-state index contributed by atoms with van der Waals surface area (Å²) < 4.78 is 12.8. The number of amides is 1. The molecule has 38 heavy (non-hydrogen) atoms. The van der Waals surface area contributed by atoms with Crippen molar-refractivity contribution in [2.24, 2.45) is 0 Å². The van der Waals surface area contributed by atoms with Crippen LogP contribution in [-0.4, -0.2) is 46.2 Å². The van der Waals surface area contributed by atoms with Gasteiger partial charge in [0.2, 0.25) is 5.91 Å². The van der Waals surface area contributed by atoms with Crippen LogP contribution >= 0.6 is 12.2 Å². The lowest BCUT2D eigenvalue weighted by molar-refractivity contribution is -0.116. The van der Waals surface area contributed by atoms with Gasteiger partial charge in [0.15, 0.2) is 5.11 Å². The van der Waals surface area contributed by atoms with E-state index >= 15 is 0 Å². The molecule has 0 radical (unpaired) electrons. The number of hydrogen-bond donors (Lipinski definition) is 2. The van der Waals surface area contributed by atoms with E-state index in [1.165, 1.54) is 0 Å². The van der Waals surface area contributed by atoms with E-state index < -0.39 is 0 Å². The van der Waals surface area contributed by atoms with Gasteiger partial charge in [0, 0.05) is 36.7 Å². The third-order valence-electron chi connectivity index (χ3n) is 6.59. The summed E-state index contributed by atoms with van der Waals surface area (Å²) in [5, 5.41) is 7.00. The highest BCUT2D eigenvalue weighted by Crippen LogP contribution is 2.39. The second-order valence-electron chi connectivity index (χ2n) is 8.82. The van der Waals surface area contributed by atoms with E-state index in [9.17, 15) is 4.79 Å². The summed E-state index contributed by atoms with van der Waals surface area (Å²) >= 11 is 5.79. The van der Waals surface area contributed by atoms with Crippen LogP contribution in [0.25, 0.3) is 5.69 Å². The molecule has 1 saturated heterocycles. The minimum atomic E-state index is -0.187. The van der Waals surface area contributed by atoms with E-state index in [1.54, 1.807) is 20.4 Å². The molecule has 4 aromatic rings. The molecule has 1 fully saturated rings. The van der Waals surface area contributed by atoms with Crippen molar-refractivity contribution in [2.45, 2.75) is 18.5 Å². The number of hydrogen-bond acceptors (Lipinski definition) is 5. The van der Waals surface area contributed by atoms with Crippen LogP contribution in [0.2, 0.25) is 0 Å². The number of para-hydroxylation sites is 2. The lowest BCUT2D eigenvalue weighted by Gasteiger charge is -2.29. The van der Waals surface area contributed by atoms with Crippen LogP contribution in [-0.2, 0) is 4.79 Å². The lowest BCUT2D eigenvalue weighted by Crippen LogP contribution is -2.33. The van der Waals surface area contributed by atoms with Gasteiger partial charge in [0.05, 0.1) is 37.7 Å². The van der Waals surface area contributed by atoms with Crippen molar-refractivity contribution in [3.8, 4) is 17.2 Å². The van der Waals surface area contributed by atoms with Gasteiger partial charge < -0.3 is 29.6 Å². The average molecular weight is 528 g/mol. The van der Waals surface area contributed by atoms with Crippen LogP contribution in [0.5, 0.6) is 11.5 Å². The summed E-state index contributed by atoms with van der Waals surface area (Å²) in [5.41, 5.74) is 3.54. The zero-order chi connectivity index (χ0) is 26.5. The van der Waals surface area contributed by atoms with Crippen molar-refractivity contribution in [3.05, 3.63) is 103 Å². The predicted molar refractivity (Wildman–Crippen MR) is 151 cm³/mol. The van der Waals surface area contributed by atoms with Gasteiger partial charge in [-0.3, -0.25) is 9.78 Å². The maximum Gasteiger partial charge on any atom is 0.226 e. The van der Waals surface area contributed by atoms with Gasteiger partial charge in [-0.15, -0.1) is 0 Å². The van der Waals surface area contributed by atoms with Gasteiger partial charge in [0.1, 0.15) is 11.5 Å². The summed E-state index contributed by atoms with van der Waals surface area (Å²) in [6.45, 7) is 0.425. The third kappa shape index (κ3) is 5.19. The first-order chi connectivity index (χ1) is 18.6. The van der Waals surface area contributed by atoms with E-state index in [2.05, 4.69) is 31.2 Å². The van der Waals surface area contributed by atoms with Crippen LogP contribution < -0.4 is 20.1 Å². The fraction of sp³-hybridized carbons (Fsp3) is 0.207. The number of nitrogens with zero attached hydrogens (tertiary/aromatic N) is 3. The van der Waals surface area contributed by atoms with Crippen LogP contribution in [0.3, 0.4) is 0 Å². The SMILES string of the molecule is COc1ccc(-n2cccc2[C@H]2[C@H](c3ccccn3)NC(=S)N2CCC(=O)Nc2ccccc2OC)cc1. The van der Waals surface area contributed by atoms with E-state index in [-0.39, 0.29) is 24.4 Å². The molecule has 9 heteroatoms. The lowest BCUT2D eigenvalue weighted by atomic mass is 10.0. The Morgan fingerprint density at radius 1 is 1.00 bits per heavy atom. The van der Waals surface area contributed by atoms with Gasteiger partial charge in [-0.25, -0.2) is 0 Å². The van der Waals surface area contributed by atoms with Gasteiger partial charge >= 0.3 is 0 Å². The highest BCUT2D eigenvalue weighted by Gasteiger charge is 2.41. The number of pyridine rings is 1. The van der Waals surface area contributed by atoms with Gasteiger partial charge in [0.25, 0.3) is 0 Å². The topological polar surface area (TPSA) is 80.7 Å². The number of anilines is 1. The van der Waals surface area contributed by atoms with E-state index in [1.807, 2.05) is 79.0 Å². The second kappa shape index (κ2) is 11.4. The zero-order valence-electron chi connectivity index (χ0n) is 21.2. The first-order valence-corrected chi connectivity index (χ1v) is 12.7. The number of aromatic nitrogens is 2. The van der Waals surface area contributed by atoms with Crippen LogP contribution in [0.15, 0.2) is 91.3 Å². The number of ether oxygens (including phenoxy) is 2. The number of thiocarbonyl (C=S) groups is 1. The zero-order valence-corrected chi connectivity index (χ0v) is 22.0. The number of carbonyl (C=O) groups excluding carboxylic acids is 1. The van der Waals surface area contributed by atoms with Gasteiger partial charge in [-0.1, -0.05) is 18.2 Å². The van der Waals surface area contributed by atoms with Crippen molar-refractivity contribution in [2.75, 3.05) is 26.1 Å². The number of methoxy groups -OCH3 is 2. The van der Waals surface area contributed by atoms with Crippen molar-refractivity contribution < 1.29 is 14.3 Å². The molecule has 8 nitrogen and oxygen atoms in total. The van der Waals surface area contributed by atoms with E-state index in [0.717, 1.165) is 22.8 Å². The Morgan fingerprint density at radius 3 is 2.53 bits per heavy atom. The summed E-state index contributed by atoms with van der Waals surface area (Å²) in [5.74, 6) is 1.28. The highest BCUT2D eigenvalue weighted by atomic mass is 32.1. The largest absolute Gasteiger partial charge is 0.497 e. The Bertz CT molecular complexity index is 1410. The minimum absolute atomic E-state index is 0.122. The minimum Gasteiger partial charge on any atom is -0.497 e. The molecule has 3 heterocycles. The quantitative estimate of drug-likeness (QED) is 0.300. The number of rotatable bonds is 9. The Morgan fingerprint density at radius 2 is 1.79 bits per heavy atom. The summed E-state index contributed by atoms with van der Waals surface area (Å²) in [6, 6.07) is 24.9. The molecular formula is C29H29N5O3S. The molecule has 1 aliphatic rings. The van der Waals surface area contributed by atoms with E-state index in [0.29, 0.717) is 23.1 Å². The molecule has 1 amide bonds. The molecule has 2 N–H and O–H groups in total. The van der Waals surface area contributed by atoms with Crippen LogP contribution in [0.4, 0.5) is 5.69 Å². The number of benzene rings is 2. The standard InChI is InChI=1S/C29H29N5O3S/c1-36-21-14-12-20(13-15-21)33-18-7-10-24(33)28-27(23-9-5-6-17-30-23)32-29(38)34(28)19-16-26(35)31-22-8-3-4-11-25(22)37-2/h3-15,17-18,27-28H,16,19H2,1-2H3,(H,31,35)(H,32,38)/t27-,28-/m0/s1. The molecule has 2 aromatic heterocycles. The normalized spacial score (nSPS) is 16.7. The van der Waals surface area contributed by atoms with E-state index in [4.69, 9.17) is 21.7 Å². The van der Waals surface area contributed by atoms with Crippen molar-refractivity contribution >= 4 is 28.9 Å². The van der Waals surface area contributed by atoms with Crippen molar-refractivity contribution in [1.82, 2.24) is 19.8 Å². The Labute approximate surface area is 227 Å². The highest BCUT2D eigenvalue weighted by molar-refractivity contribution is 7.80. The molecule has 194 valence electrons. The fourth-order valence-corrected chi connectivity index (χ4v) is 5.10. The molecule has 5 rings (SSSR count). The molecule has 0 unspecified atom stereocenters. The van der Waals surface area contributed by atoms with Gasteiger partial charge in [-0.05, 0) is 72.9 Å². The molecule has 1 aliphatic heterocycles. The third-order valence-corrected chi connectivity index (χ3v) is 6.94. The molecule has 0 saturated carbocycles. The molecule has 2 atom stereocenters. The molecule has 2 aromatic carbocycles. The Balaban J connectivity index is 1.43. The second-order valence-corrected chi connectivity index (χ2v) is 9.21. The number of carbonyl (C=O) groups is 1. The monoisotopic (exact) mass is 527 g/mol. The van der Waals surface area contributed by atoms with Crippen LogP contribution in [0, 0.1) is 0 Å². The maximum absolute atomic E-state index is 13.0. The summed E-state index contributed by atoms with van der Waals surface area (Å²) in [7, 11) is 3.24. The molecule has 0 aliphatic carbocycles. The summed E-state index contributed by atoms with van der Waals surface area (Å²) in [6.07, 6.45) is 4.05. The molecule has 0 spiro atoms. The molecule has 0 bridgehead atoms.